The van der Waals surface area contributed by atoms with E-state index in [1.54, 1.807) is 35.0 Å². The van der Waals surface area contributed by atoms with Crippen LogP contribution in [0.1, 0.15) is 25.1 Å². The number of aryl methyl sites for hydroxylation is 1. The third-order valence-electron chi connectivity index (χ3n) is 4.87. The third kappa shape index (κ3) is 3.90. The number of rotatable bonds is 5. The Morgan fingerprint density at radius 3 is 2.53 bits per heavy atom. The number of fused-ring (bicyclic) bond motifs is 1. The van der Waals surface area contributed by atoms with Gasteiger partial charge in [0.25, 0.3) is 5.91 Å². The second-order valence-corrected chi connectivity index (χ2v) is 8.11. The van der Waals surface area contributed by atoms with Gasteiger partial charge >= 0.3 is 0 Å². The van der Waals surface area contributed by atoms with Gasteiger partial charge in [0.2, 0.25) is 5.91 Å². The molecule has 30 heavy (non-hydrogen) atoms. The molecular formula is C21H17Cl3N4O2. The maximum Gasteiger partial charge on any atom is 0.251 e. The molecular weight excluding hydrogens is 447 g/mol. The molecule has 4 rings (SSSR count). The molecule has 154 valence electrons. The average molecular weight is 464 g/mol. The van der Waals surface area contributed by atoms with Crippen molar-refractivity contribution in [2.45, 2.75) is 25.8 Å². The molecule has 0 spiro atoms. The topological polar surface area (TPSA) is 76.0 Å². The number of carbonyl (C=O) groups excluding carboxylic acids is 2. The molecule has 0 radical (unpaired) electrons. The first kappa shape index (κ1) is 20.7. The van der Waals surface area contributed by atoms with Crippen LogP contribution < -0.4 is 10.6 Å². The summed E-state index contributed by atoms with van der Waals surface area (Å²) in [7, 11) is 0. The number of aromatic nitrogens is 2. The van der Waals surface area contributed by atoms with Crippen molar-refractivity contribution >= 4 is 58.1 Å². The summed E-state index contributed by atoms with van der Waals surface area (Å²) in [4.78, 5) is 25.2. The number of hydrogen-bond donors (Lipinski definition) is 2. The molecule has 2 aromatic carbocycles. The highest BCUT2D eigenvalue weighted by atomic mass is 35.5. The molecule has 9 heteroatoms. The van der Waals surface area contributed by atoms with Gasteiger partial charge in [0, 0.05) is 16.3 Å². The van der Waals surface area contributed by atoms with Crippen LogP contribution >= 0.6 is 34.8 Å². The molecule has 0 aliphatic carbocycles. The first-order valence-corrected chi connectivity index (χ1v) is 10.4. The van der Waals surface area contributed by atoms with E-state index >= 15 is 0 Å². The van der Waals surface area contributed by atoms with E-state index in [0.717, 1.165) is 16.8 Å². The molecule has 3 aromatic rings. The summed E-state index contributed by atoms with van der Waals surface area (Å²) in [5.74, 6) is -0.0193. The van der Waals surface area contributed by atoms with Gasteiger partial charge in [-0.05, 0) is 42.3 Å². The van der Waals surface area contributed by atoms with Gasteiger partial charge in [-0.25, -0.2) is 4.68 Å². The Hall–Kier alpha value is -2.54. The normalized spacial score (nSPS) is 15.1. The van der Waals surface area contributed by atoms with Crippen molar-refractivity contribution in [2.75, 3.05) is 10.6 Å². The molecule has 1 atom stereocenters. The van der Waals surface area contributed by atoms with E-state index in [1.807, 2.05) is 19.1 Å². The lowest BCUT2D eigenvalue weighted by atomic mass is 10.0. The zero-order valence-corrected chi connectivity index (χ0v) is 18.1. The number of carbonyl (C=O) groups is 2. The Bertz CT molecular complexity index is 1140. The molecule has 2 amide bonds. The molecule has 2 heterocycles. The lowest BCUT2D eigenvalue weighted by molar-refractivity contribution is -0.123. The smallest absolute Gasteiger partial charge is 0.251 e. The number of halogens is 3. The first-order chi connectivity index (χ1) is 14.4. The quantitative estimate of drug-likeness (QED) is 0.517. The van der Waals surface area contributed by atoms with E-state index in [-0.39, 0.29) is 18.2 Å². The standard InChI is InChI=1S/C21H17Cl3N4O2/c1-2-16-19(11-3-5-12(22)6-4-11)20-26-21(30)17(28(20)27-16)10-18(29)25-13-7-8-14(23)15(24)9-13/h3-9,17H,2,10H2,1H3,(H,25,29)(H,26,30). The molecule has 1 aliphatic rings. The summed E-state index contributed by atoms with van der Waals surface area (Å²) in [6.07, 6.45) is 0.611. The zero-order chi connectivity index (χ0) is 21.4. The highest BCUT2D eigenvalue weighted by Crippen LogP contribution is 2.39. The van der Waals surface area contributed by atoms with Crippen LogP contribution in [-0.2, 0) is 16.0 Å². The number of benzene rings is 2. The van der Waals surface area contributed by atoms with Crippen LogP contribution in [0.3, 0.4) is 0 Å². The molecule has 1 unspecified atom stereocenters. The maximum absolute atomic E-state index is 12.6. The summed E-state index contributed by atoms with van der Waals surface area (Å²) < 4.78 is 1.60. The van der Waals surface area contributed by atoms with Crippen LogP contribution in [0.4, 0.5) is 11.5 Å². The minimum atomic E-state index is -0.742. The number of amides is 2. The Morgan fingerprint density at radius 2 is 1.87 bits per heavy atom. The van der Waals surface area contributed by atoms with Crippen LogP contribution in [0.2, 0.25) is 15.1 Å². The van der Waals surface area contributed by atoms with Gasteiger partial charge in [0.15, 0.2) is 0 Å². The lowest BCUT2D eigenvalue weighted by Crippen LogP contribution is -2.24. The highest BCUT2D eigenvalue weighted by molar-refractivity contribution is 6.42. The molecule has 0 bridgehead atoms. The van der Waals surface area contributed by atoms with E-state index in [9.17, 15) is 9.59 Å². The first-order valence-electron chi connectivity index (χ1n) is 9.30. The maximum atomic E-state index is 12.6. The SMILES string of the molecule is CCc1nn2c(c1-c1ccc(Cl)cc1)NC(=O)C2CC(=O)Nc1ccc(Cl)c(Cl)c1. The zero-order valence-electron chi connectivity index (χ0n) is 15.9. The predicted molar refractivity (Wildman–Crippen MR) is 119 cm³/mol. The van der Waals surface area contributed by atoms with Gasteiger partial charge in [0.1, 0.15) is 11.9 Å². The molecule has 0 fully saturated rings. The second-order valence-electron chi connectivity index (χ2n) is 6.86. The summed E-state index contributed by atoms with van der Waals surface area (Å²) in [6.45, 7) is 1.99. The van der Waals surface area contributed by atoms with E-state index < -0.39 is 6.04 Å². The van der Waals surface area contributed by atoms with Crippen molar-refractivity contribution in [3.63, 3.8) is 0 Å². The van der Waals surface area contributed by atoms with Crippen molar-refractivity contribution < 1.29 is 9.59 Å². The molecule has 6 nitrogen and oxygen atoms in total. The fraction of sp³-hybridized carbons (Fsp3) is 0.190. The van der Waals surface area contributed by atoms with Crippen LogP contribution in [0.15, 0.2) is 42.5 Å². The number of hydrogen-bond acceptors (Lipinski definition) is 3. The summed E-state index contributed by atoms with van der Waals surface area (Å²) >= 11 is 17.9. The van der Waals surface area contributed by atoms with Gasteiger partial charge in [-0.15, -0.1) is 0 Å². The molecule has 1 aromatic heterocycles. The molecule has 0 saturated heterocycles. The van der Waals surface area contributed by atoms with Crippen molar-refractivity contribution in [3.8, 4) is 11.1 Å². The van der Waals surface area contributed by atoms with E-state index in [4.69, 9.17) is 34.8 Å². The van der Waals surface area contributed by atoms with Crippen LogP contribution in [-0.4, -0.2) is 21.6 Å². The van der Waals surface area contributed by atoms with Crippen molar-refractivity contribution in [3.05, 3.63) is 63.2 Å². The van der Waals surface area contributed by atoms with Crippen LogP contribution in [0.25, 0.3) is 11.1 Å². The third-order valence-corrected chi connectivity index (χ3v) is 5.86. The Kier molecular flexibility index (Phi) is 5.73. The highest BCUT2D eigenvalue weighted by Gasteiger charge is 2.36. The fourth-order valence-electron chi connectivity index (χ4n) is 3.45. The minimum absolute atomic E-state index is 0.0655. The summed E-state index contributed by atoms with van der Waals surface area (Å²) in [6, 6.07) is 11.4. The number of nitrogens with one attached hydrogen (secondary N) is 2. The van der Waals surface area contributed by atoms with E-state index in [2.05, 4.69) is 15.7 Å². The summed E-state index contributed by atoms with van der Waals surface area (Å²) in [5, 5.41) is 11.6. The molecule has 2 N–H and O–H groups in total. The van der Waals surface area contributed by atoms with Gasteiger partial charge < -0.3 is 10.6 Å². The summed E-state index contributed by atoms with van der Waals surface area (Å²) in [5.41, 5.74) is 3.08. The van der Waals surface area contributed by atoms with Crippen molar-refractivity contribution in [2.24, 2.45) is 0 Å². The van der Waals surface area contributed by atoms with Gasteiger partial charge in [-0.1, -0.05) is 53.9 Å². The monoisotopic (exact) mass is 462 g/mol. The largest absolute Gasteiger partial charge is 0.326 e. The second kappa shape index (κ2) is 8.30. The van der Waals surface area contributed by atoms with Crippen molar-refractivity contribution in [1.82, 2.24) is 9.78 Å². The predicted octanol–water partition coefficient (Wildman–Crippen LogP) is 5.59. The van der Waals surface area contributed by atoms with E-state index in [1.165, 1.54) is 0 Å². The fourth-order valence-corrected chi connectivity index (χ4v) is 3.87. The van der Waals surface area contributed by atoms with Gasteiger partial charge in [-0.2, -0.15) is 5.10 Å². The minimum Gasteiger partial charge on any atom is -0.326 e. The Balaban J connectivity index is 1.60. The average Bonchev–Trinajstić information content (AvgIpc) is 3.21. The molecule has 1 aliphatic heterocycles. The number of anilines is 2. The Labute approximate surface area is 188 Å². The number of nitrogens with zero attached hydrogens (tertiary/aromatic N) is 2. The lowest BCUT2D eigenvalue weighted by Gasteiger charge is -2.10. The Morgan fingerprint density at radius 1 is 1.13 bits per heavy atom. The van der Waals surface area contributed by atoms with Gasteiger partial charge in [0.05, 0.1) is 22.2 Å². The van der Waals surface area contributed by atoms with E-state index in [0.29, 0.717) is 33.0 Å². The van der Waals surface area contributed by atoms with Crippen LogP contribution in [0.5, 0.6) is 0 Å². The molecule has 0 saturated carbocycles. The van der Waals surface area contributed by atoms with Gasteiger partial charge in [-0.3, -0.25) is 9.59 Å². The van der Waals surface area contributed by atoms with Crippen molar-refractivity contribution in [1.29, 1.82) is 0 Å². The van der Waals surface area contributed by atoms with Crippen LogP contribution in [0, 0.1) is 0 Å².